The van der Waals surface area contributed by atoms with Crippen molar-refractivity contribution < 1.29 is 14.6 Å². The smallest absolute Gasteiger partial charge is 0.304 e. The summed E-state index contributed by atoms with van der Waals surface area (Å²) >= 11 is 0. The van der Waals surface area contributed by atoms with Crippen molar-refractivity contribution in [2.45, 2.75) is 25.7 Å². The molecule has 0 bridgehead atoms. The van der Waals surface area contributed by atoms with Gasteiger partial charge in [-0.25, -0.2) is 0 Å². The van der Waals surface area contributed by atoms with Gasteiger partial charge in [-0.1, -0.05) is 19.1 Å². The number of hydrogen-bond donors (Lipinski definition) is 1. The van der Waals surface area contributed by atoms with Crippen LogP contribution in [0.1, 0.15) is 24.5 Å². The molecule has 1 heterocycles. The monoisotopic (exact) mass is 206 g/mol. The zero-order valence-corrected chi connectivity index (χ0v) is 8.91. The fraction of sp³-hybridized carbons (Fsp3) is 0.417. The van der Waals surface area contributed by atoms with Crippen LogP contribution in [0.15, 0.2) is 18.2 Å². The van der Waals surface area contributed by atoms with E-state index in [0.717, 1.165) is 16.9 Å². The summed E-state index contributed by atoms with van der Waals surface area (Å²) < 4.78 is 5.53. The highest BCUT2D eigenvalue weighted by molar-refractivity contribution is 5.70. The van der Waals surface area contributed by atoms with E-state index >= 15 is 0 Å². The molecule has 0 spiro atoms. The first-order valence-electron chi connectivity index (χ1n) is 4.97. The van der Waals surface area contributed by atoms with E-state index in [1.54, 1.807) is 0 Å². The second-order valence-electron chi connectivity index (χ2n) is 4.42. The van der Waals surface area contributed by atoms with Gasteiger partial charge < -0.3 is 9.84 Å². The molecule has 2 rings (SSSR count). The topological polar surface area (TPSA) is 46.5 Å². The Labute approximate surface area is 88.7 Å². The lowest BCUT2D eigenvalue weighted by Crippen LogP contribution is -2.27. The minimum Gasteiger partial charge on any atom is -0.492 e. The van der Waals surface area contributed by atoms with E-state index in [1.165, 1.54) is 0 Å². The van der Waals surface area contributed by atoms with Gasteiger partial charge >= 0.3 is 5.97 Å². The van der Waals surface area contributed by atoms with Gasteiger partial charge in [0.15, 0.2) is 0 Å². The number of aliphatic carboxylic acids is 1. The average molecular weight is 206 g/mol. The summed E-state index contributed by atoms with van der Waals surface area (Å²) in [6.45, 7) is 4.39. The molecule has 3 nitrogen and oxygen atoms in total. The number of carboxylic acids is 1. The van der Waals surface area contributed by atoms with Crippen LogP contribution in [-0.4, -0.2) is 17.7 Å². The molecule has 1 N–H and O–H groups in total. The Hall–Kier alpha value is -1.51. The summed E-state index contributed by atoms with van der Waals surface area (Å²) in [5, 5.41) is 8.86. The number of rotatable bonds is 2. The van der Waals surface area contributed by atoms with Crippen LogP contribution in [0.5, 0.6) is 5.75 Å². The van der Waals surface area contributed by atoms with E-state index < -0.39 is 5.97 Å². The van der Waals surface area contributed by atoms with Gasteiger partial charge in [-0.3, -0.25) is 4.79 Å². The summed E-state index contributed by atoms with van der Waals surface area (Å²) in [7, 11) is 0. The van der Waals surface area contributed by atoms with Crippen LogP contribution in [0.25, 0.3) is 0 Å². The van der Waals surface area contributed by atoms with Crippen LogP contribution in [0.4, 0.5) is 0 Å². The second-order valence-corrected chi connectivity index (χ2v) is 4.42. The van der Waals surface area contributed by atoms with Gasteiger partial charge in [0.2, 0.25) is 0 Å². The summed E-state index contributed by atoms with van der Waals surface area (Å²) in [5.41, 5.74) is 1.76. The van der Waals surface area contributed by atoms with Gasteiger partial charge in [0.05, 0.1) is 13.0 Å². The molecule has 0 aliphatic carbocycles. The zero-order chi connectivity index (χ0) is 11.1. The number of fused-ring (bicyclic) bond motifs is 1. The predicted octanol–water partition coefficient (Wildman–Crippen LogP) is 2.12. The van der Waals surface area contributed by atoms with Crippen molar-refractivity contribution in [2.24, 2.45) is 0 Å². The maximum Gasteiger partial charge on any atom is 0.304 e. The molecule has 1 unspecified atom stereocenters. The zero-order valence-electron chi connectivity index (χ0n) is 8.91. The summed E-state index contributed by atoms with van der Waals surface area (Å²) in [5.74, 6) is 0.0493. The molecule has 0 saturated carbocycles. The molecule has 80 valence electrons. The highest BCUT2D eigenvalue weighted by atomic mass is 16.5. The van der Waals surface area contributed by atoms with E-state index in [-0.39, 0.29) is 11.8 Å². The minimum atomic E-state index is -0.783. The maximum atomic E-state index is 10.8. The molecule has 1 aromatic carbocycles. The Kier molecular flexibility index (Phi) is 2.18. The van der Waals surface area contributed by atoms with Crippen molar-refractivity contribution in [1.29, 1.82) is 0 Å². The Morgan fingerprint density at radius 1 is 1.60 bits per heavy atom. The van der Waals surface area contributed by atoms with Gasteiger partial charge in [0, 0.05) is 11.0 Å². The molecule has 1 aromatic rings. The van der Waals surface area contributed by atoms with Gasteiger partial charge in [-0.15, -0.1) is 0 Å². The van der Waals surface area contributed by atoms with Crippen LogP contribution in [-0.2, 0) is 10.2 Å². The first kappa shape index (κ1) is 10.0. The van der Waals surface area contributed by atoms with Gasteiger partial charge in [-0.05, 0) is 18.6 Å². The van der Waals surface area contributed by atoms with E-state index in [2.05, 4.69) is 0 Å². The molecule has 0 saturated heterocycles. The highest BCUT2D eigenvalue weighted by Gasteiger charge is 2.38. The van der Waals surface area contributed by atoms with Crippen molar-refractivity contribution in [3.8, 4) is 5.75 Å². The van der Waals surface area contributed by atoms with E-state index in [1.807, 2.05) is 32.0 Å². The summed E-state index contributed by atoms with van der Waals surface area (Å²) in [6.07, 6.45) is 0.114. The molecule has 15 heavy (non-hydrogen) atoms. The number of ether oxygens (including phenoxy) is 1. The predicted molar refractivity (Wildman–Crippen MR) is 56.3 cm³/mol. The Morgan fingerprint density at radius 3 is 3.00 bits per heavy atom. The summed E-state index contributed by atoms with van der Waals surface area (Å²) in [6, 6.07) is 5.93. The maximum absolute atomic E-state index is 10.8. The number of aryl methyl sites for hydroxylation is 1. The molecule has 0 fully saturated rings. The van der Waals surface area contributed by atoms with Crippen molar-refractivity contribution in [3.63, 3.8) is 0 Å². The molecule has 1 aliphatic rings. The third-order valence-electron chi connectivity index (χ3n) is 2.87. The quantitative estimate of drug-likeness (QED) is 0.806. The first-order chi connectivity index (χ1) is 7.01. The Morgan fingerprint density at radius 2 is 2.33 bits per heavy atom. The van der Waals surface area contributed by atoms with Gasteiger partial charge in [-0.2, -0.15) is 0 Å². The van der Waals surface area contributed by atoms with E-state index in [0.29, 0.717) is 6.61 Å². The van der Waals surface area contributed by atoms with Crippen molar-refractivity contribution in [2.75, 3.05) is 6.61 Å². The fourth-order valence-electron chi connectivity index (χ4n) is 2.04. The Bertz CT molecular complexity index is 411. The van der Waals surface area contributed by atoms with E-state index in [9.17, 15) is 4.79 Å². The normalized spacial score (nSPS) is 23.3. The number of carboxylic acid groups (broad SMARTS) is 1. The molecule has 0 radical (unpaired) electrons. The minimum absolute atomic E-state index is 0.114. The van der Waals surface area contributed by atoms with Gasteiger partial charge in [0.1, 0.15) is 5.75 Å². The highest BCUT2D eigenvalue weighted by Crippen LogP contribution is 2.41. The first-order valence-corrected chi connectivity index (χ1v) is 4.97. The van der Waals surface area contributed by atoms with Crippen molar-refractivity contribution in [3.05, 3.63) is 29.3 Å². The molecule has 1 aliphatic heterocycles. The van der Waals surface area contributed by atoms with Crippen molar-refractivity contribution >= 4 is 5.97 Å². The van der Waals surface area contributed by atoms with Gasteiger partial charge in [0.25, 0.3) is 0 Å². The third kappa shape index (κ3) is 1.69. The number of hydrogen-bond acceptors (Lipinski definition) is 2. The Balaban J connectivity index is 2.39. The fourth-order valence-corrected chi connectivity index (χ4v) is 2.04. The number of carbonyl (C=O) groups is 1. The van der Waals surface area contributed by atoms with Crippen LogP contribution < -0.4 is 4.74 Å². The standard InChI is InChI=1S/C12H14O3/c1-8-3-4-9-10(5-8)15-7-12(9,2)6-11(13)14/h3-5H,6-7H2,1-2H3,(H,13,14). The average Bonchev–Trinajstić information content (AvgIpc) is 2.42. The van der Waals surface area contributed by atoms with E-state index in [4.69, 9.17) is 9.84 Å². The molecule has 1 atom stereocenters. The van der Waals surface area contributed by atoms with Crippen LogP contribution in [0.2, 0.25) is 0 Å². The molecular weight excluding hydrogens is 192 g/mol. The molecule has 3 heteroatoms. The molecule has 0 amide bonds. The third-order valence-corrected chi connectivity index (χ3v) is 2.87. The van der Waals surface area contributed by atoms with Crippen LogP contribution in [0, 0.1) is 6.92 Å². The SMILES string of the molecule is Cc1ccc2c(c1)OCC2(C)CC(=O)O. The largest absolute Gasteiger partial charge is 0.492 e. The van der Waals surface area contributed by atoms with Crippen molar-refractivity contribution in [1.82, 2.24) is 0 Å². The second kappa shape index (κ2) is 3.26. The number of benzene rings is 1. The van der Waals surface area contributed by atoms with Crippen LogP contribution >= 0.6 is 0 Å². The lowest BCUT2D eigenvalue weighted by atomic mass is 9.81. The molecule has 0 aromatic heterocycles. The van der Waals surface area contributed by atoms with Crippen LogP contribution in [0.3, 0.4) is 0 Å². The summed E-state index contributed by atoms with van der Waals surface area (Å²) in [4.78, 5) is 10.8. The lowest BCUT2D eigenvalue weighted by Gasteiger charge is -2.19. The molecular formula is C12H14O3. The lowest BCUT2D eigenvalue weighted by molar-refractivity contribution is -0.138.